The normalized spacial score (nSPS) is 14.6. The van der Waals surface area contributed by atoms with Gasteiger partial charge in [0.2, 0.25) is 0 Å². The van der Waals surface area contributed by atoms with Crippen molar-refractivity contribution in [1.29, 1.82) is 0 Å². The Balaban J connectivity index is 1.78. The van der Waals surface area contributed by atoms with E-state index in [1.54, 1.807) is 23.9 Å². The first-order valence-corrected chi connectivity index (χ1v) is 10.5. The number of carbonyl (C=O) groups is 1. The third kappa shape index (κ3) is 5.84. The Morgan fingerprint density at radius 2 is 1.90 bits per heavy atom. The molecule has 0 heterocycles. The molecule has 0 atom stereocenters. The van der Waals surface area contributed by atoms with Gasteiger partial charge in [0.1, 0.15) is 12.9 Å². The summed E-state index contributed by atoms with van der Waals surface area (Å²) in [6.45, 7) is 2.59. The number of carboxylic acids is 1. The minimum absolute atomic E-state index is 0.0971. The van der Waals surface area contributed by atoms with E-state index in [-0.39, 0.29) is 5.71 Å². The van der Waals surface area contributed by atoms with Crippen LogP contribution in [-0.2, 0) is 15.4 Å². The number of thioether (sulfide) groups is 1. The van der Waals surface area contributed by atoms with Gasteiger partial charge in [-0.15, -0.1) is 11.8 Å². The van der Waals surface area contributed by atoms with Crippen LogP contribution in [-0.4, -0.2) is 35.5 Å². The number of aliphatic imine (C=N–C) groups is 1. The third-order valence-corrected chi connectivity index (χ3v) is 5.52. The Labute approximate surface area is 174 Å². The molecule has 2 aromatic carbocycles. The summed E-state index contributed by atoms with van der Waals surface area (Å²) >= 11 is 1.65. The average Bonchev–Trinajstić information content (AvgIpc) is 3.56. The lowest BCUT2D eigenvalue weighted by molar-refractivity contribution is -0.129. The van der Waals surface area contributed by atoms with E-state index in [1.807, 2.05) is 43.3 Å². The zero-order chi connectivity index (χ0) is 20.6. The van der Waals surface area contributed by atoms with Crippen molar-refractivity contribution in [3.63, 3.8) is 0 Å². The largest absolute Gasteiger partial charge is 0.494 e. The van der Waals surface area contributed by atoms with Gasteiger partial charge < -0.3 is 14.7 Å². The minimum Gasteiger partial charge on any atom is -0.494 e. The third-order valence-electron chi connectivity index (χ3n) is 4.35. The fourth-order valence-corrected chi connectivity index (χ4v) is 4.00. The molecule has 29 heavy (non-hydrogen) atoms. The summed E-state index contributed by atoms with van der Waals surface area (Å²) in [6.07, 6.45) is 2.27. The van der Waals surface area contributed by atoms with E-state index in [1.165, 1.54) is 7.11 Å². The number of hydrogen-bond donors (Lipinski definition) is 1. The van der Waals surface area contributed by atoms with Gasteiger partial charge >= 0.3 is 5.97 Å². The number of rotatable bonds is 9. The molecule has 6 nitrogen and oxygen atoms in total. The van der Waals surface area contributed by atoms with Gasteiger partial charge in [0, 0.05) is 17.2 Å². The maximum absolute atomic E-state index is 11.6. The van der Waals surface area contributed by atoms with Crippen LogP contribution in [0.2, 0.25) is 0 Å². The summed E-state index contributed by atoms with van der Waals surface area (Å²) < 4.78 is 5.48. The Bertz CT molecular complexity index is 905. The first-order chi connectivity index (χ1) is 14.1. The van der Waals surface area contributed by atoms with Crippen LogP contribution in [0.15, 0.2) is 58.7 Å². The van der Waals surface area contributed by atoms with Crippen LogP contribution in [0.1, 0.15) is 30.9 Å². The lowest BCUT2D eigenvalue weighted by atomic mass is 10.0. The van der Waals surface area contributed by atoms with E-state index >= 15 is 0 Å². The predicted molar refractivity (Wildman–Crippen MR) is 116 cm³/mol. The Kier molecular flexibility index (Phi) is 7.30. The van der Waals surface area contributed by atoms with E-state index in [9.17, 15) is 9.90 Å². The SMILES string of the molecule is CCOc1ccc(N=C(SCc2ccccc2/C(=N/OC)C(=O)O)C2CC2)cc1. The molecule has 1 N–H and O–H groups in total. The van der Waals surface area contributed by atoms with E-state index < -0.39 is 5.97 Å². The number of oxime groups is 1. The summed E-state index contributed by atoms with van der Waals surface area (Å²) in [4.78, 5) is 21.1. The topological polar surface area (TPSA) is 80.5 Å². The molecule has 1 fully saturated rings. The quantitative estimate of drug-likeness (QED) is 0.360. The molecule has 0 amide bonds. The summed E-state index contributed by atoms with van der Waals surface area (Å²) in [7, 11) is 1.34. The van der Waals surface area contributed by atoms with Crippen molar-refractivity contribution >= 4 is 34.2 Å². The number of benzene rings is 2. The number of aliphatic carboxylic acids is 1. The number of ether oxygens (including phenoxy) is 1. The molecule has 2 aromatic rings. The van der Waals surface area contributed by atoms with Gasteiger partial charge in [-0.3, -0.25) is 0 Å². The Hall–Kier alpha value is -2.80. The smallest absolute Gasteiger partial charge is 0.358 e. The molecule has 0 radical (unpaired) electrons. The molecule has 1 saturated carbocycles. The maximum atomic E-state index is 11.6. The van der Waals surface area contributed by atoms with Crippen LogP contribution in [0.5, 0.6) is 5.75 Å². The molecule has 0 aromatic heterocycles. The summed E-state index contributed by atoms with van der Waals surface area (Å²) in [5.74, 6) is 0.804. The lowest BCUT2D eigenvalue weighted by Crippen LogP contribution is -2.17. The van der Waals surface area contributed by atoms with Gasteiger partial charge in [-0.25, -0.2) is 9.79 Å². The highest BCUT2D eigenvalue weighted by molar-refractivity contribution is 8.13. The van der Waals surface area contributed by atoms with Crippen molar-refractivity contribution in [2.75, 3.05) is 13.7 Å². The summed E-state index contributed by atoms with van der Waals surface area (Å²) in [6, 6.07) is 15.1. The van der Waals surface area contributed by atoms with Crippen molar-refractivity contribution < 1.29 is 19.5 Å². The van der Waals surface area contributed by atoms with E-state index in [4.69, 9.17) is 14.6 Å². The standard InChI is InChI=1S/C22H24N2O4S/c1-3-28-18-12-10-17(11-13-18)23-21(15-8-9-15)29-14-16-6-4-5-7-19(16)20(22(25)26)24-27-2/h4-7,10-13,15H,3,8-9,14H2,1-2H3,(H,25,26)/b23-21?,24-20-. The molecule has 0 aliphatic heterocycles. The number of nitrogens with zero attached hydrogens (tertiary/aromatic N) is 2. The highest BCUT2D eigenvalue weighted by Crippen LogP contribution is 2.38. The van der Waals surface area contributed by atoms with Crippen LogP contribution in [0, 0.1) is 5.92 Å². The summed E-state index contributed by atoms with van der Waals surface area (Å²) in [5, 5.41) is 14.2. The molecule has 0 unspecified atom stereocenters. The van der Waals surface area contributed by atoms with Crippen molar-refractivity contribution in [3.05, 3.63) is 59.7 Å². The second-order valence-electron chi connectivity index (χ2n) is 6.52. The zero-order valence-electron chi connectivity index (χ0n) is 16.5. The molecular formula is C22H24N2O4S. The molecule has 0 saturated heterocycles. The predicted octanol–water partition coefficient (Wildman–Crippen LogP) is 4.89. The zero-order valence-corrected chi connectivity index (χ0v) is 17.3. The highest BCUT2D eigenvalue weighted by Gasteiger charge is 2.28. The van der Waals surface area contributed by atoms with E-state index in [2.05, 4.69) is 5.16 Å². The van der Waals surface area contributed by atoms with E-state index in [0.717, 1.165) is 34.9 Å². The monoisotopic (exact) mass is 412 g/mol. The van der Waals surface area contributed by atoms with Crippen LogP contribution >= 0.6 is 11.8 Å². The molecule has 7 heteroatoms. The Morgan fingerprint density at radius 3 is 2.52 bits per heavy atom. The molecule has 152 valence electrons. The van der Waals surface area contributed by atoms with Crippen molar-refractivity contribution in [3.8, 4) is 5.75 Å². The van der Waals surface area contributed by atoms with Crippen LogP contribution < -0.4 is 4.74 Å². The van der Waals surface area contributed by atoms with Gasteiger partial charge in [0.05, 0.1) is 17.3 Å². The highest BCUT2D eigenvalue weighted by atomic mass is 32.2. The second kappa shape index (κ2) is 10.1. The van der Waals surface area contributed by atoms with Crippen LogP contribution in [0.4, 0.5) is 5.69 Å². The minimum atomic E-state index is -1.12. The first kappa shape index (κ1) is 20.9. The van der Waals surface area contributed by atoms with Gasteiger partial charge in [-0.05, 0) is 49.6 Å². The average molecular weight is 413 g/mol. The number of carboxylic acid groups (broad SMARTS) is 1. The van der Waals surface area contributed by atoms with E-state index in [0.29, 0.717) is 23.8 Å². The fraction of sp³-hybridized carbons (Fsp3) is 0.318. The van der Waals surface area contributed by atoms with Crippen molar-refractivity contribution in [2.24, 2.45) is 16.1 Å². The first-order valence-electron chi connectivity index (χ1n) is 9.49. The van der Waals surface area contributed by atoms with Crippen LogP contribution in [0.3, 0.4) is 0 Å². The van der Waals surface area contributed by atoms with Crippen molar-refractivity contribution in [2.45, 2.75) is 25.5 Å². The van der Waals surface area contributed by atoms with Gasteiger partial charge in [0.15, 0.2) is 5.71 Å². The molecule has 1 aliphatic rings. The molecular weight excluding hydrogens is 388 g/mol. The van der Waals surface area contributed by atoms with Gasteiger partial charge in [0.25, 0.3) is 0 Å². The van der Waals surface area contributed by atoms with Gasteiger partial charge in [-0.2, -0.15) is 0 Å². The molecule has 0 bridgehead atoms. The molecule has 3 rings (SSSR count). The lowest BCUT2D eigenvalue weighted by Gasteiger charge is -2.10. The maximum Gasteiger partial charge on any atom is 0.358 e. The number of hydrogen-bond acceptors (Lipinski definition) is 6. The van der Waals surface area contributed by atoms with Gasteiger partial charge in [-0.1, -0.05) is 29.4 Å². The molecule has 1 aliphatic carbocycles. The summed E-state index contributed by atoms with van der Waals surface area (Å²) in [5.41, 5.74) is 2.24. The second-order valence-corrected chi connectivity index (χ2v) is 7.52. The molecule has 0 spiro atoms. The van der Waals surface area contributed by atoms with Crippen molar-refractivity contribution in [1.82, 2.24) is 0 Å². The Morgan fingerprint density at radius 1 is 1.17 bits per heavy atom. The fourth-order valence-electron chi connectivity index (χ4n) is 2.81. The van der Waals surface area contributed by atoms with Crippen LogP contribution in [0.25, 0.3) is 0 Å².